The Morgan fingerprint density at radius 3 is 2.64 bits per heavy atom. The number of aryl methyl sites for hydroxylation is 1. The van der Waals surface area contributed by atoms with Crippen molar-refractivity contribution in [2.24, 2.45) is 4.99 Å². The van der Waals surface area contributed by atoms with Crippen LogP contribution in [0.3, 0.4) is 0 Å². The summed E-state index contributed by atoms with van der Waals surface area (Å²) in [7, 11) is 0. The predicted molar refractivity (Wildman–Crippen MR) is 130 cm³/mol. The highest BCUT2D eigenvalue weighted by Gasteiger charge is 2.08. The van der Waals surface area contributed by atoms with Gasteiger partial charge >= 0.3 is 0 Å². The summed E-state index contributed by atoms with van der Waals surface area (Å²) >= 11 is 0. The van der Waals surface area contributed by atoms with E-state index in [0.717, 1.165) is 49.9 Å². The molecule has 2 rings (SSSR count). The summed E-state index contributed by atoms with van der Waals surface area (Å²) in [4.78, 5) is 11.9. The highest BCUT2D eigenvalue weighted by atomic mass is 127. The molecule has 0 aromatic carbocycles. The molecule has 0 aliphatic heterocycles. The summed E-state index contributed by atoms with van der Waals surface area (Å²) in [5.74, 6) is 0.863. The van der Waals surface area contributed by atoms with Gasteiger partial charge in [0.2, 0.25) is 0 Å². The fourth-order valence-corrected chi connectivity index (χ4v) is 3.22. The quantitative estimate of drug-likeness (QED) is 0.296. The first-order valence-electron chi connectivity index (χ1n) is 10.3. The average molecular weight is 500 g/mol. The van der Waals surface area contributed by atoms with E-state index in [9.17, 15) is 0 Å². The fourth-order valence-electron chi connectivity index (χ4n) is 3.22. The molecule has 0 saturated carbocycles. The van der Waals surface area contributed by atoms with Crippen LogP contribution in [0.25, 0.3) is 5.65 Å². The first-order valence-corrected chi connectivity index (χ1v) is 10.3. The number of rotatable bonds is 10. The number of imidazole rings is 1. The van der Waals surface area contributed by atoms with Crippen molar-refractivity contribution in [1.82, 2.24) is 24.9 Å². The molecular formula is C21H37IN6. The van der Waals surface area contributed by atoms with Crippen LogP contribution in [0.5, 0.6) is 0 Å². The predicted octanol–water partition coefficient (Wildman–Crippen LogP) is 3.83. The molecule has 28 heavy (non-hydrogen) atoms. The van der Waals surface area contributed by atoms with Gasteiger partial charge in [0.15, 0.2) is 5.96 Å². The first-order chi connectivity index (χ1) is 13.1. The minimum Gasteiger partial charge on any atom is -0.357 e. The number of halogens is 1. The van der Waals surface area contributed by atoms with Crippen molar-refractivity contribution in [1.29, 1.82) is 0 Å². The number of aromatic nitrogens is 2. The zero-order valence-electron chi connectivity index (χ0n) is 18.0. The highest BCUT2D eigenvalue weighted by Crippen LogP contribution is 2.09. The molecule has 0 radical (unpaired) electrons. The van der Waals surface area contributed by atoms with Gasteiger partial charge < -0.3 is 19.9 Å². The van der Waals surface area contributed by atoms with Gasteiger partial charge in [-0.1, -0.05) is 19.9 Å². The fraction of sp³-hybridized carbons (Fsp3) is 0.619. The van der Waals surface area contributed by atoms with Crippen LogP contribution >= 0.6 is 24.0 Å². The Morgan fingerprint density at radius 2 is 2.00 bits per heavy atom. The lowest BCUT2D eigenvalue weighted by molar-refractivity contribution is 0.292. The van der Waals surface area contributed by atoms with Gasteiger partial charge in [-0.2, -0.15) is 0 Å². The number of hydrogen-bond donors (Lipinski definition) is 2. The monoisotopic (exact) mass is 500 g/mol. The molecule has 7 heteroatoms. The summed E-state index contributed by atoms with van der Waals surface area (Å²) in [5.41, 5.74) is 3.14. The summed E-state index contributed by atoms with van der Waals surface area (Å²) in [6.07, 6.45) is 4.40. The van der Waals surface area contributed by atoms with Crippen molar-refractivity contribution < 1.29 is 0 Å². The van der Waals surface area contributed by atoms with E-state index in [0.29, 0.717) is 12.6 Å². The van der Waals surface area contributed by atoms with Crippen molar-refractivity contribution in [3.63, 3.8) is 0 Å². The number of aliphatic imine (C=N–C) groups is 1. The molecule has 0 fully saturated rings. The van der Waals surface area contributed by atoms with Crippen molar-refractivity contribution in [2.75, 3.05) is 26.2 Å². The minimum absolute atomic E-state index is 0. The maximum Gasteiger partial charge on any atom is 0.191 e. The molecule has 0 aliphatic rings. The molecular weight excluding hydrogens is 463 g/mol. The molecule has 6 nitrogen and oxygen atoms in total. The van der Waals surface area contributed by atoms with Crippen LogP contribution in [0.1, 0.15) is 51.9 Å². The number of nitrogens with one attached hydrogen (secondary N) is 2. The van der Waals surface area contributed by atoms with E-state index in [2.05, 4.69) is 71.8 Å². The third-order valence-electron chi connectivity index (χ3n) is 4.88. The van der Waals surface area contributed by atoms with Gasteiger partial charge in [-0.25, -0.2) is 9.98 Å². The third kappa shape index (κ3) is 7.58. The van der Waals surface area contributed by atoms with Crippen LogP contribution < -0.4 is 10.6 Å². The molecule has 0 aliphatic carbocycles. The van der Waals surface area contributed by atoms with Gasteiger partial charge in [0.25, 0.3) is 0 Å². The largest absolute Gasteiger partial charge is 0.357 e. The SMILES string of the molecule is CCNC(=NCc1cn2c(C)cccc2n1)NC(C)CCCN(CC)CC.I. The molecule has 1 atom stereocenters. The second-order valence-electron chi connectivity index (χ2n) is 7.04. The Labute approximate surface area is 187 Å². The molecule has 2 aromatic heterocycles. The zero-order valence-corrected chi connectivity index (χ0v) is 20.4. The van der Waals surface area contributed by atoms with Crippen LogP contribution in [-0.2, 0) is 6.54 Å². The molecule has 0 spiro atoms. The van der Waals surface area contributed by atoms with Crippen molar-refractivity contribution in [2.45, 2.75) is 60.0 Å². The maximum atomic E-state index is 4.73. The molecule has 0 amide bonds. The van der Waals surface area contributed by atoms with Gasteiger partial charge in [0.1, 0.15) is 5.65 Å². The topological polar surface area (TPSA) is 57.0 Å². The van der Waals surface area contributed by atoms with E-state index in [4.69, 9.17) is 4.99 Å². The minimum atomic E-state index is 0. The van der Waals surface area contributed by atoms with Crippen LogP contribution in [0.15, 0.2) is 29.4 Å². The summed E-state index contributed by atoms with van der Waals surface area (Å²) in [5, 5.41) is 6.87. The van der Waals surface area contributed by atoms with E-state index in [-0.39, 0.29) is 24.0 Å². The van der Waals surface area contributed by atoms with Crippen molar-refractivity contribution in [3.05, 3.63) is 35.8 Å². The second-order valence-corrected chi connectivity index (χ2v) is 7.04. The van der Waals surface area contributed by atoms with Crippen LogP contribution in [0.2, 0.25) is 0 Å². The normalized spacial score (nSPS) is 12.9. The highest BCUT2D eigenvalue weighted by molar-refractivity contribution is 14.0. The van der Waals surface area contributed by atoms with Gasteiger partial charge in [0.05, 0.1) is 12.2 Å². The Hall–Kier alpha value is -1.35. The summed E-state index contributed by atoms with van der Waals surface area (Å²) in [6, 6.07) is 6.55. The summed E-state index contributed by atoms with van der Waals surface area (Å²) < 4.78 is 2.11. The van der Waals surface area contributed by atoms with Crippen LogP contribution in [0, 0.1) is 6.92 Å². The Morgan fingerprint density at radius 1 is 1.25 bits per heavy atom. The van der Waals surface area contributed by atoms with E-state index in [1.165, 1.54) is 12.1 Å². The summed E-state index contributed by atoms with van der Waals surface area (Å²) in [6.45, 7) is 15.7. The van der Waals surface area contributed by atoms with Gasteiger partial charge in [-0.05, 0) is 65.4 Å². The molecule has 0 bridgehead atoms. The molecule has 158 valence electrons. The number of hydrogen-bond acceptors (Lipinski definition) is 3. The van der Waals surface area contributed by atoms with Crippen molar-refractivity contribution >= 4 is 35.6 Å². The lowest BCUT2D eigenvalue weighted by Crippen LogP contribution is -2.42. The number of fused-ring (bicyclic) bond motifs is 1. The van der Waals surface area contributed by atoms with Crippen molar-refractivity contribution in [3.8, 4) is 0 Å². The second kappa shape index (κ2) is 13.0. The smallest absolute Gasteiger partial charge is 0.191 e. The number of guanidine groups is 1. The Kier molecular flexibility index (Phi) is 11.4. The molecule has 1 unspecified atom stereocenters. The van der Waals surface area contributed by atoms with E-state index in [1.807, 2.05) is 12.1 Å². The standard InChI is InChI=1S/C21H36N6.HI/c1-6-22-21(24-17(4)11-10-14-26(7-2)8-3)23-15-19-16-27-18(5)12-9-13-20(27)25-19;/h9,12-13,16-17H,6-8,10-11,14-15H2,1-5H3,(H2,22,23,24);1H. The van der Waals surface area contributed by atoms with E-state index >= 15 is 0 Å². The first kappa shape index (κ1) is 24.7. The lowest BCUT2D eigenvalue weighted by atomic mass is 10.2. The third-order valence-corrected chi connectivity index (χ3v) is 4.88. The van der Waals surface area contributed by atoms with E-state index in [1.54, 1.807) is 0 Å². The Balaban J connectivity index is 0.00000392. The van der Waals surface area contributed by atoms with E-state index < -0.39 is 0 Å². The molecule has 2 aromatic rings. The van der Waals surface area contributed by atoms with Gasteiger partial charge in [0, 0.05) is 24.5 Å². The molecule has 2 N–H and O–H groups in total. The van der Waals surface area contributed by atoms with Gasteiger partial charge in [-0.3, -0.25) is 0 Å². The zero-order chi connectivity index (χ0) is 19.6. The molecule has 0 saturated heterocycles. The van der Waals surface area contributed by atoms with Gasteiger partial charge in [-0.15, -0.1) is 24.0 Å². The van der Waals surface area contributed by atoms with Crippen LogP contribution in [0.4, 0.5) is 0 Å². The van der Waals surface area contributed by atoms with Crippen LogP contribution in [-0.4, -0.2) is 52.5 Å². The molecule has 2 heterocycles. The maximum absolute atomic E-state index is 4.73. The average Bonchev–Trinajstić information content (AvgIpc) is 3.08. The number of pyridine rings is 1. The number of nitrogens with zero attached hydrogens (tertiary/aromatic N) is 4. The Bertz CT molecular complexity index is 723. The lowest BCUT2D eigenvalue weighted by Gasteiger charge is -2.21.